The highest BCUT2D eigenvalue weighted by atomic mass is 16.6. The molecule has 10 heteroatoms. The van der Waals surface area contributed by atoms with Crippen molar-refractivity contribution in [3.63, 3.8) is 0 Å². The van der Waals surface area contributed by atoms with Gasteiger partial charge in [-0.2, -0.15) is 0 Å². The van der Waals surface area contributed by atoms with Crippen LogP contribution in [0.1, 0.15) is 16.2 Å². The second-order valence-electron chi connectivity index (χ2n) is 4.72. The molecule has 0 unspecified atom stereocenters. The summed E-state index contributed by atoms with van der Waals surface area (Å²) in [4.78, 5) is 44.9. The van der Waals surface area contributed by atoms with Crippen molar-refractivity contribution in [1.29, 1.82) is 0 Å². The van der Waals surface area contributed by atoms with Gasteiger partial charge >= 0.3 is 0 Å². The van der Waals surface area contributed by atoms with Gasteiger partial charge < -0.3 is 15.3 Å². The maximum atomic E-state index is 12.2. The van der Waals surface area contributed by atoms with Gasteiger partial charge in [0, 0.05) is 12.3 Å². The molecule has 0 aliphatic carbocycles. The number of nitrogens with zero attached hydrogens (tertiary/aromatic N) is 4. The molecule has 3 rings (SSSR count). The van der Waals surface area contributed by atoms with Gasteiger partial charge in [0.1, 0.15) is 11.4 Å². The van der Waals surface area contributed by atoms with Crippen LogP contribution in [0.4, 0.5) is 5.69 Å². The van der Waals surface area contributed by atoms with Crippen LogP contribution in [0.25, 0.3) is 11.2 Å². The Morgan fingerprint density at radius 1 is 1.48 bits per heavy atom. The van der Waals surface area contributed by atoms with E-state index >= 15 is 0 Å². The monoisotopic (exact) mass is 314 g/mol. The van der Waals surface area contributed by atoms with Crippen LogP contribution in [0.5, 0.6) is 0 Å². The molecule has 3 aromatic heterocycles. The molecular formula is C13H10N6O4. The second kappa shape index (κ2) is 5.33. The van der Waals surface area contributed by atoms with Crippen molar-refractivity contribution in [3.05, 3.63) is 62.4 Å². The van der Waals surface area contributed by atoms with E-state index in [0.29, 0.717) is 17.0 Å². The van der Waals surface area contributed by atoms with Crippen LogP contribution < -0.4 is 11.3 Å². The minimum atomic E-state index is -1.03. The zero-order valence-corrected chi connectivity index (χ0v) is 11.6. The van der Waals surface area contributed by atoms with E-state index in [1.807, 2.05) is 0 Å². The Kier molecular flexibility index (Phi) is 3.33. The standard InChI is InChI=1S/C13H10N6O4/c14-11(20)8-4-7(19(22)23)5-18(13(8)21)6-10-16-9-2-1-3-15-12(9)17-10/h1-5H,6H2,(H2,14,20)(H,15,16,17). The third-order valence-electron chi connectivity index (χ3n) is 3.17. The van der Waals surface area contributed by atoms with Crippen LogP contribution in [0.15, 0.2) is 35.4 Å². The van der Waals surface area contributed by atoms with Gasteiger partial charge in [0.15, 0.2) is 5.65 Å². The van der Waals surface area contributed by atoms with E-state index in [1.165, 1.54) is 0 Å². The number of H-pyrrole nitrogens is 1. The Balaban J connectivity index is 2.09. The fourth-order valence-electron chi connectivity index (χ4n) is 2.14. The molecule has 0 saturated carbocycles. The summed E-state index contributed by atoms with van der Waals surface area (Å²) in [5.41, 5.74) is 4.63. The first kappa shape index (κ1) is 14.4. The number of primary amides is 1. The number of aromatic amines is 1. The molecule has 0 aromatic carbocycles. The van der Waals surface area contributed by atoms with Crippen LogP contribution in [0, 0.1) is 10.1 Å². The first-order valence-corrected chi connectivity index (χ1v) is 6.44. The van der Waals surface area contributed by atoms with Gasteiger partial charge in [-0.05, 0) is 12.1 Å². The van der Waals surface area contributed by atoms with Gasteiger partial charge in [0.05, 0.1) is 23.2 Å². The molecule has 0 spiro atoms. The van der Waals surface area contributed by atoms with E-state index in [2.05, 4.69) is 15.0 Å². The lowest BCUT2D eigenvalue weighted by molar-refractivity contribution is -0.385. The number of nitrogens with two attached hydrogens (primary N) is 1. The summed E-state index contributed by atoms with van der Waals surface area (Å²) in [6.45, 7) is -0.0862. The summed E-state index contributed by atoms with van der Waals surface area (Å²) < 4.78 is 1.01. The maximum Gasteiger partial charge on any atom is 0.286 e. The smallest absolute Gasteiger partial charge is 0.286 e. The van der Waals surface area contributed by atoms with Crippen molar-refractivity contribution in [1.82, 2.24) is 19.5 Å². The molecular weight excluding hydrogens is 304 g/mol. The highest BCUT2D eigenvalue weighted by Gasteiger charge is 2.18. The minimum Gasteiger partial charge on any atom is -0.365 e. The number of hydrogen-bond donors (Lipinski definition) is 2. The summed E-state index contributed by atoms with van der Waals surface area (Å²) in [6, 6.07) is 4.33. The van der Waals surface area contributed by atoms with E-state index in [-0.39, 0.29) is 6.54 Å². The van der Waals surface area contributed by atoms with E-state index < -0.39 is 27.6 Å². The molecule has 0 fully saturated rings. The van der Waals surface area contributed by atoms with Crippen molar-refractivity contribution >= 4 is 22.8 Å². The molecule has 23 heavy (non-hydrogen) atoms. The zero-order valence-electron chi connectivity index (χ0n) is 11.6. The Morgan fingerprint density at radius 2 is 2.26 bits per heavy atom. The van der Waals surface area contributed by atoms with Gasteiger partial charge in [-0.15, -0.1) is 0 Å². The quantitative estimate of drug-likeness (QED) is 0.517. The predicted molar refractivity (Wildman–Crippen MR) is 78.9 cm³/mol. The number of amides is 1. The van der Waals surface area contributed by atoms with Gasteiger partial charge in [0.25, 0.3) is 17.2 Å². The molecule has 0 saturated heterocycles. The number of aromatic nitrogens is 4. The first-order valence-electron chi connectivity index (χ1n) is 6.44. The average Bonchev–Trinajstić information content (AvgIpc) is 2.91. The topological polar surface area (TPSA) is 150 Å². The summed E-state index contributed by atoms with van der Waals surface area (Å²) in [5, 5.41) is 10.9. The van der Waals surface area contributed by atoms with E-state index in [9.17, 15) is 19.7 Å². The van der Waals surface area contributed by atoms with Crippen LogP contribution in [0.2, 0.25) is 0 Å². The van der Waals surface area contributed by atoms with Gasteiger partial charge in [-0.25, -0.2) is 9.97 Å². The number of pyridine rings is 2. The summed E-state index contributed by atoms with van der Waals surface area (Å²) >= 11 is 0. The fraction of sp³-hybridized carbons (Fsp3) is 0.0769. The molecule has 3 heterocycles. The lowest BCUT2D eigenvalue weighted by Crippen LogP contribution is -2.30. The predicted octanol–water partition coefficient (Wildman–Crippen LogP) is 0.175. The van der Waals surface area contributed by atoms with Crippen molar-refractivity contribution in [2.75, 3.05) is 0 Å². The molecule has 3 N–H and O–H groups in total. The SMILES string of the molecule is NC(=O)c1cc([N+](=O)[O-])cn(Cc2nc3ncccc3[nH]2)c1=O. The Hall–Kier alpha value is -3.56. The summed E-state index contributed by atoms with van der Waals surface area (Å²) in [6.07, 6.45) is 2.60. The van der Waals surface area contributed by atoms with Crippen molar-refractivity contribution in [2.45, 2.75) is 6.54 Å². The molecule has 0 radical (unpaired) electrons. The van der Waals surface area contributed by atoms with Gasteiger partial charge in [0.2, 0.25) is 0 Å². The van der Waals surface area contributed by atoms with Crippen molar-refractivity contribution in [2.24, 2.45) is 5.73 Å². The lowest BCUT2D eigenvalue weighted by atomic mass is 10.2. The third-order valence-corrected chi connectivity index (χ3v) is 3.17. The van der Waals surface area contributed by atoms with Gasteiger partial charge in [-0.3, -0.25) is 19.7 Å². The largest absolute Gasteiger partial charge is 0.365 e. The number of carbonyl (C=O) groups excluding carboxylic acids is 1. The number of hydrogen-bond acceptors (Lipinski definition) is 6. The number of nitro groups is 1. The third kappa shape index (κ3) is 2.64. The fourth-order valence-corrected chi connectivity index (χ4v) is 2.14. The molecule has 10 nitrogen and oxygen atoms in total. The molecule has 1 amide bonds. The summed E-state index contributed by atoms with van der Waals surface area (Å²) in [7, 11) is 0. The minimum absolute atomic E-state index is 0.0862. The molecule has 116 valence electrons. The van der Waals surface area contributed by atoms with Crippen molar-refractivity contribution < 1.29 is 9.72 Å². The van der Waals surface area contributed by atoms with Crippen LogP contribution in [-0.4, -0.2) is 30.3 Å². The van der Waals surface area contributed by atoms with E-state index in [4.69, 9.17) is 5.73 Å². The molecule has 3 aromatic rings. The Labute approximate surface area is 127 Å². The van der Waals surface area contributed by atoms with Crippen LogP contribution >= 0.6 is 0 Å². The molecule has 0 atom stereocenters. The van der Waals surface area contributed by atoms with Crippen LogP contribution in [0.3, 0.4) is 0 Å². The maximum absolute atomic E-state index is 12.2. The van der Waals surface area contributed by atoms with E-state index in [0.717, 1.165) is 16.8 Å². The molecule has 0 bridgehead atoms. The number of nitrogens with one attached hydrogen (secondary N) is 1. The Morgan fingerprint density at radius 3 is 2.91 bits per heavy atom. The van der Waals surface area contributed by atoms with E-state index in [1.54, 1.807) is 18.3 Å². The number of imidazole rings is 1. The number of carbonyl (C=O) groups is 1. The highest BCUT2D eigenvalue weighted by Crippen LogP contribution is 2.12. The second-order valence-corrected chi connectivity index (χ2v) is 4.72. The van der Waals surface area contributed by atoms with Crippen molar-refractivity contribution in [3.8, 4) is 0 Å². The number of fused-ring (bicyclic) bond motifs is 1. The normalized spacial score (nSPS) is 10.8. The Bertz CT molecular complexity index is 957. The first-order chi connectivity index (χ1) is 11.0. The number of rotatable bonds is 4. The molecule has 0 aliphatic rings. The molecule has 0 aliphatic heterocycles. The zero-order chi connectivity index (χ0) is 16.6. The lowest BCUT2D eigenvalue weighted by Gasteiger charge is -2.05. The summed E-state index contributed by atoms with van der Waals surface area (Å²) in [5.74, 6) is -0.657. The average molecular weight is 314 g/mol. The van der Waals surface area contributed by atoms with Gasteiger partial charge in [-0.1, -0.05) is 0 Å². The van der Waals surface area contributed by atoms with Crippen LogP contribution in [-0.2, 0) is 6.54 Å². The highest BCUT2D eigenvalue weighted by molar-refractivity contribution is 5.92.